The first-order valence-corrected chi connectivity index (χ1v) is 8.59. The molecule has 3 aromatic rings. The number of ether oxygens (including phenoxy) is 4. The molecule has 0 amide bonds. The second kappa shape index (κ2) is 8.58. The number of carbonyl (C=O) groups excluding carboxylic acids is 2. The lowest BCUT2D eigenvalue weighted by Gasteiger charge is -2.08. The van der Waals surface area contributed by atoms with Crippen molar-refractivity contribution in [2.45, 2.75) is 6.92 Å². The Morgan fingerprint density at radius 2 is 1.79 bits per heavy atom. The van der Waals surface area contributed by atoms with E-state index in [4.69, 9.17) is 23.4 Å². The minimum absolute atomic E-state index is 0.129. The van der Waals surface area contributed by atoms with E-state index in [-0.39, 0.29) is 12.4 Å². The number of methoxy groups -OCH3 is 2. The molecule has 28 heavy (non-hydrogen) atoms. The standard InChI is InChI=1S/C21H20O7/c1-13-19(21(23)26-11-10-24-2)16-12-14(8-9-18(16)27-13)28-20(22)15-6-4-5-7-17(15)25-3/h4-9,12H,10-11H2,1-3H3. The highest BCUT2D eigenvalue weighted by Gasteiger charge is 2.21. The maximum Gasteiger partial charge on any atom is 0.347 e. The van der Waals surface area contributed by atoms with Crippen LogP contribution in [-0.2, 0) is 9.47 Å². The van der Waals surface area contributed by atoms with Crippen LogP contribution in [-0.4, -0.2) is 39.4 Å². The summed E-state index contributed by atoms with van der Waals surface area (Å²) in [5, 5.41) is 0.505. The third kappa shape index (κ3) is 3.99. The molecular formula is C21H20O7. The second-order valence-corrected chi connectivity index (χ2v) is 5.91. The van der Waals surface area contributed by atoms with E-state index in [1.165, 1.54) is 14.2 Å². The zero-order valence-electron chi connectivity index (χ0n) is 15.8. The summed E-state index contributed by atoms with van der Waals surface area (Å²) in [5.74, 6) is 0.0126. The summed E-state index contributed by atoms with van der Waals surface area (Å²) in [7, 11) is 3.00. The molecule has 0 aliphatic rings. The van der Waals surface area contributed by atoms with E-state index in [0.29, 0.717) is 40.2 Å². The highest BCUT2D eigenvalue weighted by atomic mass is 16.6. The predicted molar refractivity (Wildman–Crippen MR) is 101 cm³/mol. The molecule has 0 radical (unpaired) electrons. The molecule has 1 heterocycles. The van der Waals surface area contributed by atoms with Crippen molar-refractivity contribution in [2.24, 2.45) is 0 Å². The largest absolute Gasteiger partial charge is 0.496 e. The molecule has 7 nitrogen and oxygen atoms in total. The molecule has 2 aromatic carbocycles. The van der Waals surface area contributed by atoms with Gasteiger partial charge < -0.3 is 23.4 Å². The zero-order chi connectivity index (χ0) is 20.1. The molecule has 0 fully saturated rings. The van der Waals surface area contributed by atoms with Crippen LogP contribution in [0.2, 0.25) is 0 Å². The van der Waals surface area contributed by atoms with Gasteiger partial charge in [0.15, 0.2) is 0 Å². The van der Waals surface area contributed by atoms with Crippen molar-refractivity contribution in [2.75, 3.05) is 27.4 Å². The smallest absolute Gasteiger partial charge is 0.347 e. The SMILES string of the molecule is COCCOC(=O)c1c(C)oc2ccc(OC(=O)c3ccccc3OC)cc12. The van der Waals surface area contributed by atoms with Gasteiger partial charge in [0.25, 0.3) is 0 Å². The number of benzene rings is 2. The van der Waals surface area contributed by atoms with E-state index in [2.05, 4.69) is 0 Å². The summed E-state index contributed by atoms with van der Waals surface area (Å²) < 4.78 is 26.3. The summed E-state index contributed by atoms with van der Waals surface area (Å²) in [6.45, 7) is 2.10. The van der Waals surface area contributed by atoms with Crippen LogP contribution in [0.25, 0.3) is 11.0 Å². The van der Waals surface area contributed by atoms with Gasteiger partial charge in [0.1, 0.15) is 40.6 Å². The Morgan fingerprint density at radius 1 is 1.00 bits per heavy atom. The van der Waals surface area contributed by atoms with Gasteiger partial charge >= 0.3 is 11.9 Å². The van der Waals surface area contributed by atoms with E-state index >= 15 is 0 Å². The number of rotatable bonds is 7. The molecule has 0 spiro atoms. The molecule has 0 aliphatic carbocycles. The average Bonchev–Trinajstić information content (AvgIpc) is 3.03. The number of hydrogen-bond acceptors (Lipinski definition) is 7. The first-order valence-electron chi connectivity index (χ1n) is 8.59. The van der Waals surface area contributed by atoms with Gasteiger partial charge in [0.2, 0.25) is 0 Å². The van der Waals surface area contributed by atoms with Crippen molar-refractivity contribution < 1.29 is 33.0 Å². The summed E-state index contributed by atoms with van der Waals surface area (Å²) in [4.78, 5) is 24.9. The van der Waals surface area contributed by atoms with Crippen molar-refractivity contribution in [3.05, 3.63) is 59.4 Å². The fraction of sp³-hybridized carbons (Fsp3) is 0.238. The molecule has 3 rings (SSSR count). The van der Waals surface area contributed by atoms with Gasteiger partial charge in [-0.25, -0.2) is 9.59 Å². The minimum Gasteiger partial charge on any atom is -0.496 e. The number of fused-ring (bicyclic) bond motifs is 1. The van der Waals surface area contributed by atoms with Gasteiger partial charge in [-0.2, -0.15) is 0 Å². The van der Waals surface area contributed by atoms with Gasteiger partial charge in [-0.15, -0.1) is 0 Å². The topological polar surface area (TPSA) is 84.2 Å². The normalized spacial score (nSPS) is 10.7. The van der Waals surface area contributed by atoms with E-state index in [9.17, 15) is 9.59 Å². The fourth-order valence-corrected chi connectivity index (χ4v) is 2.78. The lowest BCUT2D eigenvalue weighted by atomic mass is 10.1. The number of hydrogen-bond donors (Lipinski definition) is 0. The van der Waals surface area contributed by atoms with E-state index in [0.717, 1.165) is 0 Å². The van der Waals surface area contributed by atoms with Gasteiger partial charge in [0, 0.05) is 12.5 Å². The summed E-state index contributed by atoms with van der Waals surface area (Å²) >= 11 is 0. The van der Waals surface area contributed by atoms with Crippen molar-refractivity contribution >= 4 is 22.9 Å². The van der Waals surface area contributed by atoms with Crippen LogP contribution in [0.5, 0.6) is 11.5 Å². The second-order valence-electron chi connectivity index (χ2n) is 5.91. The Hall–Kier alpha value is -3.32. The minimum atomic E-state index is -0.568. The number of carbonyl (C=O) groups is 2. The van der Waals surface area contributed by atoms with Gasteiger partial charge in [-0.1, -0.05) is 12.1 Å². The Bertz CT molecular complexity index is 1000. The Morgan fingerprint density at radius 3 is 2.54 bits per heavy atom. The molecule has 7 heteroatoms. The van der Waals surface area contributed by atoms with Crippen LogP contribution >= 0.6 is 0 Å². The van der Waals surface area contributed by atoms with E-state index in [1.54, 1.807) is 49.4 Å². The van der Waals surface area contributed by atoms with Crippen LogP contribution in [0.1, 0.15) is 26.5 Å². The lowest BCUT2D eigenvalue weighted by Crippen LogP contribution is -2.11. The van der Waals surface area contributed by atoms with Crippen molar-refractivity contribution in [1.29, 1.82) is 0 Å². The van der Waals surface area contributed by atoms with Gasteiger partial charge in [-0.3, -0.25) is 0 Å². The molecule has 146 valence electrons. The van der Waals surface area contributed by atoms with Crippen LogP contribution in [0, 0.1) is 6.92 Å². The highest BCUT2D eigenvalue weighted by Crippen LogP contribution is 2.30. The van der Waals surface area contributed by atoms with Gasteiger partial charge in [-0.05, 0) is 37.3 Å². The van der Waals surface area contributed by atoms with E-state index < -0.39 is 11.9 Å². The Kier molecular flexibility index (Phi) is 5.96. The molecule has 0 N–H and O–H groups in total. The summed E-state index contributed by atoms with van der Waals surface area (Å²) in [5.41, 5.74) is 1.09. The third-order valence-corrected chi connectivity index (χ3v) is 4.10. The summed E-state index contributed by atoms with van der Waals surface area (Å²) in [6.07, 6.45) is 0. The predicted octanol–water partition coefficient (Wildman–Crippen LogP) is 3.77. The number of esters is 2. The first-order chi connectivity index (χ1) is 13.5. The van der Waals surface area contributed by atoms with Crippen LogP contribution in [0.15, 0.2) is 46.9 Å². The zero-order valence-corrected chi connectivity index (χ0v) is 15.8. The molecule has 0 unspecified atom stereocenters. The van der Waals surface area contributed by atoms with Crippen molar-refractivity contribution in [3.63, 3.8) is 0 Å². The average molecular weight is 384 g/mol. The van der Waals surface area contributed by atoms with E-state index in [1.807, 2.05) is 0 Å². The molecule has 0 atom stereocenters. The third-order valence-electron chi connectivity index (χ3n) is 4.10. The van der Waals surface area contributed by atoms with Crippen molar-refractivity contribution in [3.8, 4) is 11.5 Å². The van der Waals surface area contributed by atoms with Crippen LogP contribution in [0.4, 0.5) is 0 Å². The molecule has 0 saturated carbocycles. The van der Waals surface area contributed by atoms with Crippen molar-refractivity contribution in [1.82, 2.24) is 0 Å². The monoisotopic (exact) mass is 384 g/mol. The number of para-hydroxylation sites is 1. The Labute approximate surface area is 161 Å². The van der Waals surface area contributed by atoms with Crippen LogP contribution < -0.4 is 9.47 Å². The van der Waals surface area contributed by atoms with Gasteiger partial charge in [0.05, 0.1) is 13.7 Å². The molecule has 0 saturated heterocycles. The first kappa shape index (κ1) is 19.4. The molecule has 1 aromatic heterocycles. The molecular weight excluding hydrogens is 364 g/mol. The lowest BCUT2D eigenvalue weighted by molar-refractivity contribution is 0.0388. The number of aryl methyl sites for hydroxylation is 1. The van der Waals surface area contributed by atoms with Crippen LogP contribution in [0.3, 0.4) is 0 Å². The molecule has 0 bridgehead atoms. The molecule has 0 aliphatic heterocycles. The fourth-order valence-electron chi connectivity index (χ4n) is 2.78. The maximum absolute atomic E-state index is 12.5. The Balaban J connectivity index is 1.88. The maximum atomic E-state index is 12.5. The summed E-state index contributed by atoms with van der Waals surface area (Å²) in [6, 6.07) is 11.6. The highest BCUT2D eigenvalue weighted by molar-refractivity contribution is 6.05. The number of furan rings is 1. The quantitative estimate of drug-likeness (QED) is 0.348.